The van der Waals surface area contributed by atoms with Gasteiger partial charge >= 0.3 is 12.7 Å². The summed E-state index contributed by atoms with van der Waals surface area (Å²) < 4.78 is 78.9. The summed E-state index contributed by atoms with van der Waals surface area (Å²) in [5.41, 5.74) is 1.27. The molecule has 0 atom stereocenters. The highest BCUT2D eigenvalue weighted by atomic mass is 19.4. The Kier molecular flexibility index (Phi) is 3.79. The second-order valence-corrected chi connectivity index (χ2v) is 2.87. The van der Waals surface area contributed by atoms with Crippen molar-refractivity contribution in [3.63, 3.8) is 0 Å². The molecule has 1 aromatic carbocycles. The van der Waals surface area contributed by atoms with Crippen LogP contribution in [0.2, 0.25) is 0 Å². The molecule has 4 nitrogen and oxygen atoms in total. The van der Waals surface area contributed by atoms with Crippen molar-refractivity contribution in [1.82, 2.24) is 0 Å². The number of alkyl halides is 6. The lowest BCUT2D eigenvalue weighted by Gasteiger charge is -2.17. The molecule has 18 heavy (non-hydrogen) atoms. The van der Waals surface area contributed by atoms with Gasteiger partial charge in [-0.15, -0.1) is 26.3 Å². The molecule has 10 heteroatoms. The third kappa shape index (κ3) is 4.20. The first kappa shape index (κ1) is 14.2. The Morgan fingerprint density at radius 2 is 1.50 bits per heavy atom. The minimum atomic E-state index is -5.18. The largest absolute Gasteiger partial charge is 0.573 e. The molecule has 0 aliphatic rings. The van der Waals surface area contributed by atoms with Crippen LogP contribution in [0, 0.1) is 0 Å². The summed E-state index contributed by atoms with van der Waals surface area (Å²) in [7, 11) is 0. The average molecular weight is 276 g/mol. The van der Waals surface area contributed by atoms with Crippen LogP contribution in [-0.4, -0.2) is 12.7 Å². The number of nitrogens with two attached hydrogens (primary N) is 1. The van der Waals surface area contributed by atoms with Crippen LogP contribution in [-0.2, 0) is 0 Å². The molecule has 0 aromatic heterocycles. The predicted molar refractivity (Wildman–Crippen MR) is 47.6 cm³/mol. The van der Waals surface area contributed by atoms with E-state index in [1.807, 2.05) is 0 Å². The highest BCUT2D eigenvalue weighted by Crippen LogP contribution is 2.40. The minimum absolute atomic E-state index is 0.505. The van der Waals surface area contributed by atoms with Gasteiger partial charge in [-0.2, -0.15) is 0 Å². The molecule has 0 bridgehead atoms. The summed E-state index contributed by atoms with van der Waals surface area (Å²) >= 11 is 0. The molecule has 1 aromatic rings. The Hall–Kier alpha value is -1.84. The van der Waals surface area contributed by atoms with Gasteiger partial charge in [0.25, 0.3) is 0 Å². The maximum absolute atomic E-state index is 12.0. The third-order valence-corrected chi connectivity index (χ3v) is 1.58. The van der Waals surface area contributed by atoms with Crippen molar-refractivity contribution in [1.29, 1.82) is 0 Å². The second-order valence-electron chi connectivity index (χ2n) is 2.87. The van der Waals surface area contributed by atoms with Crippen molar-refractivity contribution in [3.05, 3.63) is 18.2 Å². The van der Waals surface area contributed by atoms with Crippen LogP contribution >= 0.6 is 0 Å². The van der Waals surface area contributed by atoms with Crippen molar-refractivity contribution in [2.24, 2.45) is 5.84 Å². The smallest absolute Gasteiger partial charge is 0.402 e. The summed E-state index contributed by atoms with van der Waals surface area (Å²) in [6, 6.07) is 2.67. The molecule has 3 N–H and O–H groups in total. The van der Waals surface area contributed by atoms with Crippen LogP contribution < -0.4 is 20.7 Å². The highest BCUT2D eigenvalue weighted by Gasteiger charge is 2.37. The van der Waals surface area contributed by atoms with Gasteiger partial charge in [0.15, 0.2) is 11.5 Å². The van der Waals surface area contributed by atoms with E-state index in [0.29, 0.717) is 6.07 Å². The van der Waals surface area contributed by atoms with E-state index in [9.17, 15) is 26.3 Å². The molecule has 0 unspecified atom stereocenters. The molecule has 0 radical (unpaired) electrons. The molecule has 1 rings (SSSR count). The monoisotopic (exact) mass is 276 g/mol. The molecule has 0 heterocycles. The zero-order valence-electron chi connectivity index (χ0n) is 8.39. The molecule has 0 aliphatic heterocycles. The first-order valence-electron chi connectivity index (χ1n) is 4.23. The van der Waals surface area contributed by atoms with Gasteiger partial charge in [0, 0.05) is 0 Å². The lowest BCUT2D eigenvalue weighted by atomic mass is 10.3. The van der Waals surface area contributed by atoms with E-state index in [1.54, 1.807) is 5.43 Å². The van der Waals surface area contributed by atoms with E-state index in [0.717, 1.165) is 12.1 Å². The fraction of sp³-hybridized carbons (Fsp3) is 0.250. The number of para-hydroxylation sites is 1. The molecular formula is C8H6F6N2O2. The molecule has 0 saturated heterocycles. The van der Waals surface area contributed by atoms with Crippen molar-refractivity contribution in [2.75, 3.05) is 5.43 Å². The SMILES string of the molecule is NNc1cccc(OC(F)(F)F)c1OC(F)(F)F. The molecule has 0 aliphatic carbocycles. The average Bonchev–Trinajstić information content (AvgIpc) is 2.16. The summed E-state index contributed by atoms with van der Waals surface area (Å²) in [6.07, 6.45) is -10.3. The second kappa shape index (κ2) is 4.80. The van der Waals surface area contributed by atoms with Crippen molar-refractivity contribution in [3.8, 4) is 11.5 Å². The maximum Gasteiger partial charge on any atom is 0.573 e. The molecule has 102 valence electrons. The first-order chi connectivity index (χ1) is 8.12. The van der Waals surface area contributed by atoms with E-state index in [2.05, 4.69) is 9.47 Å². The number of halogens is 6. The van der Waals surface area contributed by atoms with Crippen LogP contribution in [0.4, 0.5) is 32.0 Å². The van der Waals surface area contributed by atoms with Gasteiger partial charge < -0.3 is 14.9 Å². The summed E-state index contributed by atoms with van der Waals surface area (Å²) in [5.74, 6) is 2.51. The molecular weight excluding hydrogens is 270 g/mol. The van der Waals surface area contributed by atoms with Gasteiger partial charge in [-0.1, -0.05) is 6.07 Å². The van der Waals surface area contributed by atoms with Gasteiger partial charge in [0.1, 0.15) is 0 Å². The Balaban J connectivity index is 3.16. The van der Waals surface area contributed by atoms with Gasteiger partial charge in [0.05, 0.1) is 5.69 Å². The number of ether oxygens (including phenoxy) is 2. The standard InChI is InChI=1S/C8H6F6N2O2/c9-7(10,11)17-5-3-1-2-4(16-15)6(5)18-8(12,13)14/h1-3,16H,15H2. The molecule has 0 spiro atoms. The third-order valence-electron chi connectivity index (χ3n) is 1.58. The Labute approximate surface area is 96.2 Å². The van der Waals surface area contributed by atoms with Crippen molar-refractivity contribution in [2.45, 2.75) is 12.7 Å². The van der Waals surface area contributed by atoms with Crippen LogP contribution in [0.15, 0.2) is 18.2 Å². The van der Waals surface area contributed by atoms with E-state index in [1.165, 1.54) is 0 Å². The molecule has 0 saturated carbocycles. The predicted octanol–water partition coefficient (Wildman–Crippen LogP) is 2.77. The zero-order chi connectivity index (χ0) is 14.0. The number of rotatable bonds is 3. The highest BCUT2D eigenvalue weighted by molar-refractivity contribution is 5.62. The number of hydrogen-bond acceptors (Lipinski definition) is 4. The van der Waals surface area contributed by atoms with Crippen LogP contribution in [0.5, 0.6) is 11.5 Å². The van der Waals surface area contributed by atoms with Crippen molar-refractivity contribution >= 4 is 5.69 Å². The maximum atomic E-state index is 12.0. The summed E-state index contributed by atoms with van der Waals surface area (Å²) in [6.45, 7) is 0. The van der Waals surface area contributed by atoms with Gasteiger partial charge in [0.2, 0.25) is 0 Å². The van der Waals surface area contributed by atoms with Gasteiger partial charge in [-0.3, -0.25) is 5.84 Å². The normalized spacial score (nSPS) is 12.2. The molecule has 0 fully saturated rings. The van der Waals surface area contributed by atoms with Crippen LogP contribution in [0.3, 0.4) is 0 Å². The summed E-state index contributed by atoms with van der Waals surface area (Å²) in [5, 5.41) is 0. The molecule has 0 amide bonds. The van der Waals surface area contributed by atoms with E-state index >= 15 is 0 Å². The van der Waals surface area contributed by atoms with Crippen molar-refractivity contribution < 1.29 is 35.8 Å². The quantitative estimate of drug-likeness (QED) is 0.506. The summed E-state index contributed by atoms with van der Waals surface area (Å²) in [4.78, 5) is 0. The van der Waals surface area contributed by atoms with E-state index in [4.69, 9.17) is 5.84 Å². The number of benzene rings is 1. The van der Waals surface area contributed by atoms with E-state index in [-0.39, 0.29) is 0 Å². The number of hydrazine groups is 1. The number of nitrogens with one attached hydrogen (secondary N) is 1. The van der Waals surface area contributed by atoms with Gasteiger partial charge in [-0.25, -0.2) is 0 Å². The Morgan fingerprint density at radius 3 is 1.94 bits per heavy atom. The van der Waals surface area contributed by atoms with E-state index < -0.39 is 29.9 Å². The Bertz CT molecular complexity index is 417. The van der Waals surface area contributed by atoms with Crippen LogP contribution in [0.25, 0.3) is 0 Å². The minimum Gasteiger partial charge on any atom is -0.402 e. The van der Waals surface area contributed by atoms with Crippen LogP contribution in [0.1, 0.15) is 0 Å². The van der Waals surface area contributed by atoms with Gasteiger partial charge in [-0.05, 0) is 12.1 Å². The lowest BCUT2D eigenvalue weighted by molar-refractivity contribution is -0.287. The Morgan fingerprint density at radius 1 is 0.944 bits per heavy atom. The fourth-order valence-electron chi connectivity index (χ4n) is 1.06. The first-order valence-corrected chi connectivity index (χ1v) is 4.23. The fourth-order valence-corrected chi connectivity index (χ4v) is 1.06. The lowest BCUT2D eigenvalue weighted by Crippen LogP contribution is -2.22. The number of anilines is 1. The number of hydrogen-bond donors (Lipinski definition) is 2. The number of nitrogen functional groups attached to an aromatic ring is 1. The zero-order valence-corrected chi connectivity index (χ0v) is 8.39. The topological polar surface area (TPSA) is 56.5 Å².